The lowest BCUT2D eigenvalue weighted by Crippen LogP contribution is -2.52. The third-order valence-corrected chi connectivity index (χ3v) is 9.76. The van der Waals surface area contributed by atoms with E-state index in [2.05, 4.69) is 6.92 Å². The SMILES string of the molecule is CC[C@]12CC[C@H]3[C@@H](CC[C@H]4CC(=O)CC[C@@H]43)[C@@H]1CC1C[C@]12C(C)=O. The zero-order valence-electron chi connectivity index (χ0n) is 15.4. The Kier molecular flexibility index (Phi) is 3.21. The Morgan fingerprint density at radius 2 is 1.96 bits per heavy atom. The van der Waals surface area contributed by atoms with E-state index in [1.165, 1.54) is 44.9 Å². The van der Waals surface area contributed by atoms with Gasteiger partial charge in [-0.3, -0.25) is 9.59 Å². The van der Waals surface area contributed by atoms with E-state index in [9.17, 15) is 9.59 Å². The molecule has 5 saturated carbocycles. The fraction of sp³-hybridized carbons (Fsp3) is 0.909. The average Bonchev–Trinajstić information content (AvgIpc) is 3.24. The second-order valence-corrected chi connectivity index (χ2v) is 9.93. The molecule has 0 bridgehead atoms. The molecule has 1 unspecified atom stereocenters. The van der Waals surface area contributed by atoms with Gasteiger partial charge in [0, 0.05) is 18.3 Å². The third kappa shape index (κ3) is 1.69. The lowest BCUT2D eigenvalue weighted by Gasteiger charge is -2.57. The number of fused-ring (bicyclic) bond motifs is 7. The normalized spacial score (nSPS) is 55.2. The summed E-state index contributed by atoms with van der Waals surface area (Å²) in [6.07, 6.45) is 11.9. The molecule has 24 heavy (non-hydrogen) atoms. The van der Waals surface area contributed by atoms with Crippen molar-refractivity contribution in [1.82, 2.24) is 0 Å². The predicted molar refractivity (Wildman–Crippen MR) is 93.3 cm³/mol. The van der Waals surface area contributed by atoms with E-state index in [1.807, 2.05) is 6.92 Å². The van der Waals surface area contributed by atoms with Crippen LogP contribution >= 0.6 is 0 Å². The maximum atomic E-state index is 12.6. The highest BCUT2D eigenvalue weighted by Gasteiger charge is 2.77. The maximum Gasteiger partial charge on any atom is 0.136 e. The number of ketones is 2. The van der Waals surface area contributed by atoms with E-state index < -0.39 is 0 Å². The number of rotatable bonds is 2. The summed E-state index contributed by atoms with van der Waals surface area (Å²) in [5, 5.41) is 0. The molecule has 5 fully saturated rings. The van der Waals surface area contributed by atoms with Gasteiger partial charge in [0.25, 0.3) is 0 Å². The van der Waals surface area contributed by atoms with Crippen LogP contribution in [0.5, 0.6) is 0 Å². The van der Waals surface area contributed by atoms with Crippen molar-refractivity contribution < 1.29 is 9.59 Å². The van der Waals surface area contributed by atoms with Crippen LogP contribution in [0, 0.1) is 46.3 Å². The Morgan fingerprint density at radius 1 is 1.12 bits per heavy atom. The number of Topliss-reactive ketones (excluding diaryl/α,β-unsaturated/α-hetero) is 2. The largest absolute Gasteiger partial charge is 0.300 e. The highest BCUT2D eigenvalue weighted by atomic mass is 16.1. The molecule has 2 nitrogen and oxygen atoms in total. The molecule has 8 atom stereocenters. The highest BCUT2D eigenvalue weighted by Crippen LogP contribution is 2.81. The van der Waals surface area contributed by atoms with Crippen LogP contribution in [0.15, 0.2) is 0 Å². The summed E-state index contributed by atoms with van der Waals surface area (Å²) in [5.74, 6) is 5.78. The Balaban J connectivity index is 1.46. The molecule has 0 heterocycles. The van der Waals surface area contributed by atoms with Crippen molar-refractivity contribution in [2.75, 3.05) is 0 Å². The van der Waals surface area contributed by atoms with Crippen LogP contribution < -0.4 is 0 Å². The number of hydrogen-bond acceptors (Lipinski definition) is 2. The number of hydrogen-bond donors (Lipinski definition) is 0. The van der Waals surface area contributed by atoms with Crippen molar-refractivity contribution >= 4 is 11.6 Å². The third-order valence-electron chi connectivity index (χ3n) is 9.76. The fourth-order valence-electron chi connectivity index (χ4n) is 8.90. The summed E-state index contributed by atoms with van der Waals surface area (Å²) >= 11 is 0. The summed E-state index contributed by atoms with van der Waals surface area (Å²) in [7, 11) is 0. The van der Waals surface area contributed by atoms with E-state index in [0.29, 0.717) is 28.8 Å². The van der Waals surface area contributed by atoms with Gasteiger partial charge in [0.1, 0.15) is 11.6 Å². The lowest BCUT2D eigenvalue weighted by atomic mass is 9.47. The van der Waals surface area contributed by atoms with Gasteiger partial charge in [0.15, 0.2) is 0 Å². The molecule has 0 spiro atoms. The first-order chi connectivity index (χ1) is 11.5. The smallest absolute Gasteiger partial charge is 0.136 e. The molecular weight excluding hydrogens is 296 g/mol. The van der Waals surface area contributed by atoms with Crippen LogP contribution in [0.1, 0.15) is 78.1 Å². The van der Waals surface area contributed by atoms with Gasteiger partial charge in [-0.2, -0.15) is 0 Å². The van der Waals surface area contributed by atoms with Crippen LogP contribution in [0.4, 0.5) is 0 Å². The molecule has 5 rings (SSSR count). The molecule has 2 heteroatoms. The molecule has 5 aliphatic carbocycles. The summed E-state index contributed by atoms with van der Waals surface area (Å²) in [6.45, 7) is 4.25. The Hall–Kier alpha value is -0.660. The molecular formula is C22H32O2. The van der Waals surface area contributed by atoms with Crippen molar-refractivity contribution in [3.05, 3.63) is 0 Å². The predicted octanol–water partition coefficient (Wildman–Crippen LogP) is 4.80. The molecule has 0 N–H and O–H groups in total. The molecule has 0 radical (unpaired) electrons. The van der Waals surface area contributed by atoms with Crippen molar-refractivity contribution in [3.8, 4) is 0 Å². The minimum absolute atomic E-state index is 0.0801. The zero-order valence-corrected chi connectivity index (χ0v) is 15.4. The van der Waals surface area contributed by atoms with Gasteiger partial charge in [-0.15, -0.1) is 0 Å². The standard InChI is InChI=1S/C22H32O2/c1-3-21-9-8-18-17-7-5-16(24)10-14(17)4-6-19(18)20(21)11-15-12-22(15,21)13(2)23/h14-15,17-20H,3-12H2,1-2H3/t14-,15?,17-,18+,19+,20-,21-,22-/m0/s1. The Morgan fingerprint density at radius 3 is 2.71 bits per heavy atom. The quantitative estimate of drug-likeness (QED) is 0.729. The Bertz CT molecular complexity index is 595. The molecule has 132 valence electrons. The van der Waals surface area contributed by atoms with Crippen LogP contribution in [0.25, 0.3) is 0 Å². The van der Waals surface area contributed by atoms with Crippen LogP contribution in [0.2, 0.25) is 0 Å². The molecule has 0 amide bonds. The number of carbonyl (C=O) groups is 2. The van der Waals surface area contributed by atoms with Crippen LogP contribution in [-0.4, -0.2) is 11.6 Å². The van der Waals surface area contributed by atoms with Crippen LogP contribution in [0.3, 0.4) is 0 Å². The molecule has 5 aliphatic rings. The molecule has 0 aromatic heterocycles. The van der Waals surface area contributed by atoms with E-state index in [4.69, 9.17) is 0 Å². The summed E-state index contributed by atoms with van der Waals surface area (Å²) in [5.41, 5.74) is 0.415. The van der Waals surface area contributed by atoms with E-state index >= 15 is 0 Å². The van der Waals surface area contributed by atoms with Gasteiger partial charge < -0.3 is 0 Å². The van der Waals surface area contributed by atoms with Crippen molar-refractivity contribution in [3.63, 3.8) is 0 Å². The van der Waals surface area contributed by atoms with E-state index in [-0.39, 0.29) is 5.41 Å². The fourth-order valence-corrected chi connectivity index (χ4v) is 8.90. The first-order valence-corrected chi connectivity index (χ1v) is 10.6. The summed E-state index contributed by atoms with van der Waals surface area (Å²) in [4.78, 5) is 24.5. The van der Waals surface area contributed by atoms with Crippen molar-refractivity contribution in [2.45, 2.75) is 78.1 Å². The first kappa shape index (κ1) is 15.6. The molecule has 0 aliphatic heterocycles. The second-order valence-electron chi connectivity index (χ2n) is 9.93. The zero-order chi connectivity index (χ0) is 16.7. The maximum absolute atomic E-state index is 12.6. The van der Waals surface area contributed by atoms with Gasteiger partial charge in [0.05, 0.1) is 0 Å². The van der Waals surface area contributed by atoms with Crippen molar-refractivity contribution in [2.24, 2.45) is 46.3 Å². The number of carbonyl (C=O) groups excluding carboxylic acids is 2. The molecule has 0 aromatic rings. The van der Waals surface area contributed by atoms with Gasteiger partial charge >= 0.3 is 0 Å². The Labute approximate surface area is 146 Å². The monoisotopic (exact) mass is 328 g/mol. The lowest BCUT2D eigenvalue weighted by molar-refractivity contribution is -0.139. The highest BCUT2D eigenvalue weighted by molar-refractivity contribution is 5.87. The van der Waals surface area contributed by atoms with Crippen LogP contribution in [-0.2, 0) is 9.59 Å². The van der Waals surface area contributed by atoms with Gasteiger partial charge in [-0.1, -0.05) is 6.92 Å². The first-order valence-electron chi connectivity index (χ1n) is 10.6. The van der Waals surface area contributed by atoms with E-state index in [1.54, 1.807) is 0 Å². The average molecular weight is 328 g/mol. The second kappa shape index (κ2) is 4.95. The van der Waals surface area contributed by atoms with Crippen molar-refractivity contribution in [1.29, 1.82) is 0 Å². The minimum Gasteiger partial charge on any atom is -0.300 e. The van der Waals surface area contributed by atoms with E-state index in [0.717, 1.165) is 42.9 Å². The minimum atomic E-state index is 0.0801. The topological polar surface area (TPSA) is 34.1 Å². The molecule has 0 saturated heterocycles. The van der Waals surface area contributed by atoms with Gasteiger partial charge in [-0.25, -0.2) is 0 Å². The summed E-state index contributed by atoms with van der Waals surface area (Å²) < 4.78 is 0. The van der Waals surface area contributed by atoms with Gasteiger partial charge in [0.2, 0.25) is 0 Å². The molecule has 0 aromatic carbocycles. The summed E-state index contributed by atoms with van der Waals surface area (Å²) in [6, 6.07) is 0. The van der Waals surface area contributed by atoms with Gasteiger partial charge in [-0.05, 0) is 99.2 Å².